The van der Waals surface area contributed by atoms with Crippen LogP contribution in [0.5, 0.6) is 0 Å². The monoisotopic (exact) mass is 427 g/mol. The molecule has 3 aromatic rings. The summed E-state index contributed by atoms with van der Waals surface area (Å²) in [6.45, 7) is 5.44. The normalized spacial score (nSPS) is 15.5. The molecule has 1 atom stereocenters. The Kier molecular flexibility index (Phi) is 6.26. The second-order valence-corrected chi connectivity index (χ2v) is 8.41. The van der Waals surface area contributed by atoms with Crippen molar-refractivity contribution in [3.63, 3.8) is 0 Å². The predicted molar refractivity (Wildman–Crippen MR) is 130 cm³/mol. The van der Waals surface area contributed by atoms with Crippen LogP contribution in [0.2, 0.25) is 0 Å². The Morgan fingerprint density at radius 2 is 1.66 bits per heavy atom. The molecule has 0 aromatic heterocycles. The minimum absolute atomic E-state index is 0.0989. The van der Waals surface area contributed by atoms with Gasteiger partial charge >= 0.3 is 0 Å². The van der Waals surface area contributed by atoms with Gasteiger partial charge in [0.05, 0.1) is 6.04 Å². The van der Waals surface area contributed by atoms with E-state index < -0.39 is 0 Å². The van der Waals surface area contributed by atoms with Crippen LogP contribution in [-0.2, 0) is 4.79 Å². The Morgan fingerprint density at radius 3 is 2.31 bits per heavy atom. The number of benzene rings is 3. The molecule has 0 bridgehead atoms. The minimum atomic E-state index is -0.126. The van der Waals surface area contributed by atoms with Gasteiger partial charge in [-0.1, -0.05) is 36.4 Å². The molecular formula is C27H29N3O2. The highest BCUT2D eigenvalue weighted by molar-refractivity contribution is 6.04. The summed E-state index contributed by atoms with van der Waals surface area (Å²) < 4.78 is 0. The summed E-state index contributed by atoms with van der Waals surface area (Å²) in [5, 5.41) is 2.98. The third-order valence-corrected chi connectivity index (χ3v) is 6.30. The molecule has 0 spiro atoms. The summed E-state index contributed by atoms with van der Waals surface area (Å²) in [5.41, 5.74) is 5.98. The van der Waals surface area contributed by atoms with Crippen molar-refractivity contribution in [3.05, 3.63) is 83.9 Å². The molecule has 1 fully saturated rings. The molecule has 32 heavy (non-hydrogen) atoms. The first-order chi connectivity index (χ1) is 15.4. The van der Waals surface area contributed by atoms with Crippen molar-refractivity contribution in [2.24, 2.45) is 0 Å². The third kappa shape index (κ3) is 4.67. The van der Waals surface area contributed by atoms with Crippen LogP contribution < -0.4 is 10.2 Å². The zero-order valence-corrected chi connectivity index (χ0v) is 18.8. The average molecular weight is 428 g/mol. The van der Waals surface area contributed by atoms with Crippen LogP contribution in [-0.4, -0.2) is 42.9 Å². The topological polar surface area (TPSA) is 52.7 Å². The molecule has 2 amide bonds. The van der Waals surface area contributed by atoms with Gasteiger partial charge in [-0.3, -0.25) is 9.59 Å². The lowest BCUT2D eigenvalue weighted by Gasteiger charge is -2.24. The largest absolute Gasteiger partial charge is 0.369 e. The number of hydrogen-bond acceptors (Lipinski definition) is 3. The summed E-state index contributed by atoms with van der Waals surface area (Å²) in [6, 6.07) is 24.1. The maximum absolute atomic E-state index is 12.7. The van der Waals surface area contributed by atoms with Gasteiger partial charge in [0.25, 0.3) is 5.91 Å². The highest BCUT2D eigenvalue weighted by atomic mass is 16.2. The summed E-state index contributed by atoms with van der Waals surface area (Å²) in [5.74, 6) is -0.0275. The molecule has 0 radical (unpaired) electrons. The second-order valence-electron chi connectivity index (χ2n) is 8.41. The fourth-order valence-corrected chi connectivity index (χ4v) is 4.21. The average Bonchev–Trinajstić information content (AvgIpc) is 3.29. The van der Waals surface area contributed by atoms with Gasteiger partial charge in [0.15, 0.2) is 0 Å². The van der Waals surface area contributed by atoms with Gasteiger partial charge in [0.1, 0.15) is 0 Å². The van der Waals surface area contributed by atoms with Crippen LogP contribution in [0.3, 0.4) is 0 Å². The van der Waals surface area contributed by atoms with Gasteiger partial charge in [-0.2, -0.15) is 0 Å². The van der Waals surface area contributed by atoms with Crippen LogP contribution >= 0.6 is 0 Å². The zero-order chi connectivity index (χ0) is 22.7. The van der Waals surface area contributed by atoms with E-state index in [9.17, 15) is 9.59 Å². The molecule has 5 heteroatoms. The molecule has 0 saturated carbocycles. The number of aryl methyl sites for hydroxylation is 1. The Balaban J connectivity index is 1.38. The lowest BCUT2D eigenvalue weighted by atomic mass is 9.99. The molecular weight excluding hydrogens is 398 g/mol. The molecule has 1 aliphatic heterocycles. The highest BCUT2D eigenvalue weighted by Crippen LogP contribution is 2.26. The van der Waals surface area contributed by atoms with Crippen molar-refractivity contribution < 1.29 is 9.59 Å². The van der Waals surface area contributed by atoms with Gasteiger partial charge in [-0.05, 0) is 66.4 Å². The summed E-state index contributed by atoms with van der Waals surface area (Å²) in [6.07, 6.45) is 0.965. The number of hydrogen-bond donors (Lipinski definition) is 1. The Hall–Kier alpha value is -3.60. The number of likely N-dealkylation sites (N-methyl/N-ethyl adjacent to an activating group) is 1. The molecule has 1 saturated heterocycles. The first-order valence-electron chi connectivity index (χ1n) is 11.0. The molecule has 1 aliphatic rings. The molecule has 1 unspecified atom stereocenters. The molecule has 4 rings (SSSR count). The zero-order valence-electron chi connectivity index (χ0n) is 18.8. The van der Waals surface area contributed by atoms with E-state index in [1.165, 1.54) is 11.1 Å². The lowest BCUT2D eigenvalue weighted by Crippen LogP contribution is -2.37. The van der Waals surface area contributed by atoms with Crippen molar-refractivity contribution in [3.8, 4) is 11.1 Å². The summed E-state index contributed by atoms with van der Waals surface area (Å²) >= 11 is 0. The number of anilines is 2. The van der Waals surface area contributed by atoms with E-state index in [2.05, 4.69) is 29.3 Å². The Labute approximate surface area is 189 Å². The van der Waals surface area contributed by atoms with E-state index in [0.29, 0.717) is 5.56 Å². The smallest absolute Gasteiger partial charge is 0.255 e. The van der Waals surface area contributed by atoms with Crippen molar-refractivity contribution in [2.75, 3.05) is 30.4 Å². The van der Waals surface area contributed by atoms with Crippen LogP contribution in [0.15, 0.2) is 72.8 Å². The van der Waals surface area contributed by atoms with Gasteiger partial charge in [0, 0.05) is 44.0 Å². The predicted octanol–water partition coefficient (Wildman–Crippen LogP) is 4.97. The van der Waals surface area contributed by atoms with Crippen LogP contribution in [0.1, 0.15) is 29.3 Å². The first kappa shape index (κ1) is 21.6. The van der Waals surface area contributed by atoms with Gasteiger partial charge in [0.2, 0.25) is 5.91 Å². The van der Waals surface area contributed by atoms with Crippen molar-refractivity contribution in [2.45, 2.75) is 26.3 Å². The Bertz CT molecular complexity index is 1110. The number of rotatable bonds is 5. The van der Waals surface area contributed by atoms with Crippen LogP contribution in [0.4, 0.5) is 11.4 Å². The van der Waals surface area contributed by atoms with Gasteiger partial charge in [-0.25, -0.2) is 0 Å². The molecule has 0 aliphatic carbocycles. The van der Waals surface area contributed by atoms with Crippen molar-refractivity contribution in [1.29, 1.82) is 0 Å². The van der Waals surface area contributed by atoms with Crippen LogP contribution in [0, 0.1) is 6.92 Å². The van der Waals surface area contributed by atoms with Crippen LogP contribution in [0.25, 0.3) is 11.1 Å². The highest BCUT2D eigenvalue weighted by Gasteiger charge is 2.27. The summed E-state index contributed by atoms with van der Waals surface area (Å²) in [7, 11) is 1.86. The number of nitrogens with zero attached hydrogens (tertiary/aromatic N) is 2. The fourth-order valence-electron chi connectivity index (χ4n) is 4.21. The Morgan fingerprint density at radius 1 is 0.969 bits per heavy atom. The lowest BCUT2D eigenvalue weighted by molar-refractivity contribution is -0.129. The SMILES string of the molecule is CC(=O)N(C)C1CCN(c2ccc(NC(=O)c3ccc(-c4ccccc4C)cc3)cc2)C1. The number of carbonyl (C=O) groups is 2. The van der Waals surface area contributed by atoms with E-state index in [0.717, 1.165) is 36.4 Å². The molecule has 5 nitrogen and oxygen atoms in total. The van der Waals surface area contributed by atoms with E-state index in [4.69, 9.17) is 0 Å². The maximum Gasteiger partial charge on any atom is 0.255 e. The molecule has 1 N–H and O–H groups in total. The van der Waals surface area contributed by atoms with E-state index >= 15 is 0 Å². The second kappa shape index (κ2) is 9.27. The van der Waals surface area contributed by atoms with E-state index in [1.807, 2.05) is 72.6 Å². The third-order valence-electron chi connectivity index (χ3n) is 6.30. The minimum Gasteiger partial charge on any atom is -0.369 e. The number of nitrogens with one attached hydrogen (secondary N) is 1. The fraction of sp³-hybridized carbons (Fsp3) is 0.259. The molecule has 1 heterocycles. The number of carbonyl (C=O) groups excluding carboxylic acids is 2. The van der Waals surface area contributed by atoms with Crippen molar-refractivity contribution in [1.82, 2.24) is 4.90 Å². The number of amides is 2. The van der Waals surface area contributed by atoms with Gasteiger partial charge < -0.3 is 15.1 Å². The van der Waals surface area contributed by atoms with E-state index in [-0.39, 0.29) is 17.9 Å². The van der Waals surface area contributed by atoms with E-state index in [1.54, 1.807) is 6.92 Å². The standard InChI is InChI=1S/C27H29N3O2/c1-19-6-4-5-7-26(19)21-8-10-22(11-9-21)27(32)28-23-12-14-24(15-13-23)30-17-16-25(18-30)29(3)20(2)31/h4-15,25H,16-18H2,1-3H3,(H,28,32). The summed E-state index contributed by atoms with van der Waals surface area (Å²) in [4.78, 5) is 28.4. The maximum atomic E-state index is 12.7. The molecule has 3 aromatic carbocycles. The molecule has 164 valence electrons. The van der Waals surface area contributed by atoms with Crippen molar-refractivity contribution >= 4 is 23.2 Å². The first-order valence-corrected chi connectivity index (χ1v) is 11.0. The quantitative estimate of drug-likeness (QED) is 0.625. The van der Waals surface area contributed by atoms with Gasteiger partial charge in [-0.15, -0.1) is 0 Å².